The predicted octanol–water partition coefficient (Wildman–Crippen LogP) is 0.863. The summed E-state index contributed by atoms with van der Waals surface area (Å²) in [5.74, 6) is -1.27. The first-order valence-electron chi connectivity index (χ1n) is 5.45. The third-order valence-electron chi connectivity index (χ3n) is 2.42. The van der Waals surface area contributed by atoms with Crippen LogP contribution < -0.4 is 10.6 Å². The Hall–Kier alpha value is -3.10. The van der Waals surface area contributed by atoms with Crippen LogP contribution in [-0.4, -0.2) is 37.0 Å². The predicted molar refractivity (Wildman–Crippen MR) is 68.7 cm³/mol. The molecule has 2 aromatic rings. The lowest BCUT2D eigenvalue weighted by Crippen LogP contribution is -2.22. The summed E-state index contributed by atoms with van der Waals surface area (Å²) in [6, 6.07) is 2.92. The topological polar surface area (TPSA) is 129 Å². The van der Waals surface area contributed by atoms with Crippen molar-refractivity contribution < 1.29 is 19.8 Å². The number of phenols is 1. The summed E-state index contributed by atoms with van der Waals surface area (Å²) in [5.41, 5.74) is -0.173. The largest absolute Gasteiger partial charge is 0.508 e. The molecule has 0 radical (unpaired) electrons. The number of hydrogen-bond donors (Lipinski definition) is 4. The van der Waals surface area contributed by atoms with E-state index in [1.54, 1.807) is 7.05 Å². The molecular formula is C11H11N5O4. The number of hydrogen-bond acceptors (Lipinski definition) is 5. The van der Waals surface area contributed by atoms with Crippen molar-refractivity contribution >= 4 is 23.6 Å². The molecule has 1 aromatic heterocycles. The van der Waals surface area contributed by atoms with Crippen LogP contribution in [-0.2, 0) is 7.05 Å². The zero-order valence-corrected chi connectivity index (χ0v) is 10.4. The highest BCUT2D eigenvalue weighted by atomic mass is 16.4. The molecule has 2 amide bonds. The highest BCUT2D eigenvalue weighted by Crippen LogP contribution is 2.21. The Morgan fingerprint density at radius 2 is 2.05 bits per heavy atom. The quantitative estimate of drug-likeness (QED) is 0.616. The molecule has 9 nitrogen and oxygen atoms in total. The van der Waals surface area contributed by atoms with Gasteiger partial charge in [0.1, 0.15) is 12.1 Å². The van der Waals surface area contributed by atoms with Gasteiger partial charge >= 0.3 is 12.0 Å². The Morgan fingerprint density at radius 1 is 1.30 bits per heavy atom. The summed E-state index contributed by atoms with van der Waals surface area (Å²) in [5, 5.41) is 26.8. The van der Waals surface area contributed by atoms with Gasteiger partial charge in [0, 0.05) is 7.05 Å². The lowest BCUT2D eigenvalue weighted by Gasteiger charge is -2.09. The molecule has 9 heteroatoms. The number of nitrogens with one attached hydrogen (secondary N) is 2. The van der Waals surface area contributed by atoms with Crippen LogP contribution in [0.3, 0.4) is 0 Å². The lowest BCUT2D eigenvalue weighted by molar-refractivity contribution is 0.0697. The van der Waals surface area contributed by atoms with Gasteiger partial charge in [-0.05, 0) is 18.2 Å². The molecule has 0 saturated carbocycles. The average molecular weight is 277 g/mol. The Balaban J connectivity index is 2.16. The van der Waals surface area contributed by atoms with Gasteiger partial charge in [-0.15, -0.1) is 0 Å². The molecule has 104 valence electrons. The smallest absolute Gasteiger partial charge is 0.337 e. The molecule has 0 bridgehead atoms. The van der Waals surface area contributed by atoms with Crippen LogP contribution in [0.25, 0.3) is 0 Å². The molecular weight excluding hydrogens is 266 g/mol. The second kappa shape index (κ2) is 5.26. The lowest BCUT2D eigenvalue weighted by atomic mass is 10.1. The number of anilines is 2. The molecule has 0 aliphatic heterocycles. The van der Waals surface area contributed by atoms with Gasteiger partial charge in [0.2, 0.25) is 5.95 Å². The minimum Gasteiger partial charge on any atom is -0.508 e. The Kier molecular flexibility index (Phi) is 3.51. The standard InChI is InChI=1S/C11H11N5O4/c1-16-10(12-5-13-16)15-11(20)14-8-3-2-6(17)4-7(8)9(18)19/h2-5,17H,1H3,(H,18,19)(H2,12,13,14,15,20). The molecule has 1 aromatic carbocycles. The Morgan fingerprint density at radius 3 is 2.65 bits per heavy atom. The molecule has 0 unspecified atom stereocenters. The number of aromatic hydroxyl groups is 1. The van der Waals surface area contributed by atoms with Gasteiger partial charge in [-0.2, -0.15) is 10.1 Å². The summed E-state index contributed by atoms with van der Waals surface area (Å²) >= 11 is 0. The van der Waals surface area contributed by atoms with Gasteiger partial charge in [0.25, 0.3) is 0 Å². The number of aryl methyl sites for hydroxylation is 1. The second-order valence-corrected chi connectivity index (χ2v) is 3.82. The van der Waals surface area contributed by atoms with E-state index in [-0.39, 0.29) is 22.9 Å². The highest BCUT2D eigenvalue weighted by molar-refractivity contribution is 6.04. The van der Waals surface area contributed by atoms with E-state index in [4.69, 9.17) is 5.11 Å². The Bertz CT molecular complexity index is 667. The van der Waals surface area contributed by atoms with Crippen molar-refractivity contribution in [2.75, 3.05) is 10.6 Å². The van der Waals surface area contributed by atoms with Crippen molar-refractivity contribution in [3.05, 3.63) is 30.1 Å². The number of carbonyl (C=O) groups excluding carboxylic acids is 1. The second-order valence-electron chi connectivity index (χ2n) is 3.82. The molecule has 1 heterocycles. The van der Waals surface area contributed by atoms with Crippen molar-refractivity contribution in [2.24, 2.45) is 7.05 Å². The van der Waals surface area contributed by atoms with Crippen molar-refractivity contribution in [3.8, 4) is 5.75 Å². The van der Waals surface area contributed by atoms with Crippen molar-refractivity contribution in [1.82, 2.24) is 14.8 Å². The number of amides is 2. The number of nitrogens with zero attached hydrogens (tertiary/aromatic N) is 3. The van der Waals surface area contributed by atoms with Crippen molar-refractivity contribution in [2.45, 2.75) is 0 Å². The van der Waals surface area contributed by atoms with Crippen molar-refractivity contribution in [1.29, 1.82) is 0 Å². The number of carboxylic acid groups (broad SMARTS) is 1. The zero-order chi connectivity index (χ0) is 14.7. The van der Waals surface area contributed by atoms with Crippen LogP contribution in [0, 0.1) is 0 Å². The maximum absolute atomic E-state index is 11.7. The highest BCUT2D eigenvalue weighted by Gasteiger charge is 2.14. The zero-order valence-electron chi connectivity index (χ0n) is 10.4. The number of carboxylic acids is 1. The normalized spacial score (nSPS) is 10.1. The molecule has 0 atom stereocenters. The van der Waals surface area contributed by atoms with Gasteiger partial charge in [-0.3, -0.25) is 5.32 Å². The minimum atomic E-state index is -1.27. The van der Waals surface area contributed by atoms with Crippen LogP contribution in [0.2, 0.25) is 0 Å². The summed E-state index contributed by atoms with van der Waals surface area (Å²) in [6.45, 7) is 0. The number of phenolic OH excluding ortho intramolecular Hbond substituents is 1. The van der Waals surface area contributed by atoms with E-state index < -0.39 is 12.0 Å². The third kappa shape index (κ3) is 2.83. The number of aromatic nitrogens is 3. The summed E-state index contributed by atoms with van der Waals surface area (Å²) in [7, 11) is 1.59. The molecule has 0 aliphatic rings. The fourth-order valence-electron chi connectivity index (χ4n) is 1.48. The molecule has 4 N–H and O–H groups in total. The minimum absolute atomic E-state index is 0.0509. The molecule has 0 spiro atoms. The monoisotopic (exact) mass is 277 g/mol. The van der Waals surface area contributed by atoms with Crippen LogP contribution in [0.5, 0.6) is 5.75 Å². The van der Waals surface area contributed by atoms with Crippen LogP contribution in [0.1, 0.15) is 10.4 Å². The maximum Gasteiger partial charge on any atom is 0.337 e. The van der Waals surface area contributed by atoms with Crippen LogP contribution in [0.15, 0.2) is 24.5 Å². The Labute approximate surface area is 112 Å². The van der Waals surface area contributed by atoms with Crippen LogP contribution in [0.4, 0.5) is 16.4 Å². The average Bonchev–Trinajstić information content (AvgIpc) is 2.77. The molecule has 0 saturated heterocycles. The fraction of sp³-hybridized carbons (Fsp3) is 0.0909. The number of urea groups is 1. The van der Waals surface area contributed by atoms with Crippen molar-refractivity contribution in [3.63, 3.8) is 0 Å². The van der Waals surface area contributed by atoms with E-state index >= 15 is 0 Å². The van der Waals surface area contributed by atoms with E-state index in [9.17, 15) is 14.7 Å². The maximum atomic E-state index is 11.7. The summed E-state index contributed by atoms with van der Waals surface area (Å²) < 4.78 is 1.34. The molecule has 0 fully saturated rings. The summed E-state index contributed by atoms with van der Waals surface area (Å²) in [4.78, 5) is 26.5. The molecule has 20 heavy (non-hydrogen) atoms. The first-order valence-corrected chi connectivity index (χ1v) is 5.45. The van der Waals surface area contributed by atoms with Gasteiger partial charge in [0.15, 0.2) is 0 Å². The number of carbonyl (C=O) groups is 2. The van der Waals surface area contributed by atoms with E-state index in [1.807, 2.05) is 0 Å². The summed E-state index contributed by atoms with van der Waals surface area (Å²) in [6.07, 6.45) is 1.26. The van der Waals surface area contributed by atoms with Gasteiger partial charge in [-0.1, -0.05) is 0 Å². The fourth-order valence-corrected chi connectivity index (χ4v) is 1.48. The van der Waals surface area contributed by atoms with E-state index in [0.717, 1.165) is 6.07 Å². The molecule has 0 aliphatic carbocycles. The van der Waals surface area contributed by atoms with Gasteiger partial charge in [-0.25, -0.2) is 14.3 Å². The van der Waals surface area contributed by atoms with E-state index in [0.29, 0.717) is 0 Å². The first kappa shape index (κ1) is 13.3. The number of aromatic carboxylic acids is 1. The number of rotatable bonds is 3. The van der Waals surface area contributed by atoms with E-state index in [2.05, 4.69) is 20.7 Å². The SMILES string of the molecule is Cn1ncnc1NC(=O)Nc1ccc(O)cc1C(=O)O. The first-order chi connectivity index (χ1) is 9.47. The van der Waals surface area contributed by atoms with E-state index in [1.165, 1.54) is 23.1 Å². The molecule has 2 rings (SSSR count). The van der Waals surface area contributed by atoms with Gasteiger partial charge < -0.3 is 15.5 Å². The van der Waals surface area contributed by atoms with Gasteiger partial charge in [0.05, 0.1) is 11.3 Å². The third-order valence-corrected chi connectivity index (χ3v) is 2.42. The van der Waals surface area contributed by atoms with Crippen LogP contribution >= 0.6 is 0 Å². The number of benzene rings is 1.